The summed E-state index contributed by atoms with van der Waals surface area (Å²) in [7, 11) is 0. The van der Waals surface area contributed by atoms with Gasteiger partial charge >= 0.3 is 0 Å². The summed E-state index contributed by atoms with van der Waals surface area (Å²) in [6.07, 6.45) is 0. The van der Waals surface area contributed by atoms with Crippen LogP contribution >= 0.6 is 23.3 Å². The Balaban J connectivity index is 2.25. The lowest BCUT2D eigenvalue weighted by atomic mass is 10.2. The summed E-state index contributed by atoms with van der Waals surface area (Å²) in [5.41, 5.74) is 5.27. The Bertz CT molecular complexity index is 372. The van der Waals surface area contributed by atoms with Crippen molar-refractivity contribution in [3.8, 4) is 0 Å². The van der Waals surface area contributed by atoms with Gasteiger partial charge in [-0.25, -0.2) is 0 Å². The Labute approximate surface area is 95.3 Å². The molecular formula is C7H9ClN4O2S. The minimum atomic E-state index is -0.514. The van der Waals surface area contributed by atoms with Crippen molar-refractivity contribution in [3.05, 3.63) is 5.15 Å². The first-order chi connectivity index (χ1) is 7.20. The van der Waals surface area contributed by atoms with Crippen LogP contribution < -0.4 is 10.6 Å². The SMILES string of the molecule is NC(=O)C1COCCN1c1nsnc1Cl. The molecule has 2 rings (SSSR count). The molecule has 0 aliphatic carbocycles. The summed E-state index contributed by atoms with van der Waals surface area (Å²) in [5.74, 6) is 0.0625. The van der Waals surface area contributed by atoms with Gasteiger partial charge in [-0.2, -0.15) is 8.75 Å². The molecule has 1 atom stereocenters. The third-order valence-corrected chi connectivity index (χ3v) is 3.03. The van der Waals surface area contributed by atoms with Crippen molar-refractivity contribution in [3.63, 3.8) is 0 Å². The van der Waals surface area contributed by atoms with Crippen molar-refractivity contribution in [2.24, 2.45) is 5.73 Å². The number of halogens is 1. The predicted molar refractivity (Wildman–Crippen MR) is 56.1 cm³/mol. The maximum atomic E-state index is 11.2. The van der Waals surface area contributed by atoms with Gasteiger partial charge in [0.25, 0.3) is 0 Å². The Morgan fingerprint density at radius 2 is 2.47 bits per heavy atom. The number of primary amides is 1. The number of aromatic nitrogens is 2. The second-order valence-corrected chi connectivity index (χ2v) is 3.95. The molecule has 0 bridgehead atoms. The van der Waals surface area contributed by atoms with E-state index in [4.69, 9.17) is 22.1 Å². The van der Waals surface area contributed by atoms with E-state index < -0.39 is 11.9 Å². The topological polar surface area (TPSA) is 81.3 Å². The van der Waals surface area contributed by atoms with Crippen molar-refractivity contribution in [1.29, 1.82) is 0 Å². The standard InChI is InChI=1S/C7H9ClN4O2S/c8-5-7(11-15-10-5)12-1-2-14-3-4(12)6(9)13/h4H,1-3H2,(H2,9,13). The number of hydrogen-bond donors (Lipinski definition) is 1. The molecule has 0 saturated carbocycles. The van der Waals surface area contributed by atoms with Crippen LogP contribution in [0.4, 0.5) is 5.82 Å². The van der Waals surface area contributed by atoms with E-state index in [-0.39, 0.29) is 6.61 Å². The third kappa shape index (κ3) is 2.04. The van der Waals surface area contributed by atoms with E-state index in [1.54, 1.807) is 4.90 Å². The zero-order valence-corrected chi connectivity index (χ0v) is 9.29. The number of ether oxygens (including phenoxy) is 1. The Hall–Kier alpha value is -0.920. The first kappa shape index (κ1) is 10.6. The highest BCUT2D eigenvalue weighted by atomic mass is 35.5. The molecule has 8 heteroatoms. The van der Waals surface area contributed by atoms with Gasteiger partial charge in [-0.05, 0) is 0 Å². The second-order valence-electron chi connectivity index (χ2n) is 3.07. The van der Waals surface area contributed by atoms with E-state index in [0.717, 1.165) is 11.7 Å². The molecular weight excluding hydrogens is 240 g/mol. The van der Waals surface area contributed by atoms with Crippen LogP contribution in [0.3, 0.4) is 0 Å². The molecule has 0 radical (unpaired) electrons. The second kappa shape index (κ2) is 4.30. The minimum absolute atomic E-state index is 0.267. The first-order valence-electron chi connectivity index (χ1n) is 4.32. The fourth-order valence-corrected chi connectivity index (χ4v) is 2.19. The maximum Gasteiger partial charge on any atom is 0.242 e. The molecule has 0 aromatic carbocycles. The Morgan fingerprint density at radius 1 is 1.67 bits per heavy atom. The van der Waals surface area contributed by atoms with Crippen LogP contribution in [0.5, 0.6) is 0 Å². The fraction of sp³-hybridized carbons (Fsp3) is 0.571. The van der Waals surface area contributed by atoms with Crippen molar-refractivity contribution < 1.29 is 9.53 Å². The average Bonchev–Trinajstić information content (AvgIpc) is 2.64. The quantitative estimate of drug-likeness (QED) is 0.789. The van der Waals surface area contributed by atoms with E-state index in [0.29, 0.717) is 24.1 Å². The van der Waals surface area contributed by atoms with Gasteiger partial charge < -0.3 is 15.4 Å². The highest BCUT2D eigenvalue weighted by Crippen LogP contribution is 2.25. The summed E-state index contributed by atoms with van der Waals surface area (Å²) in [6, 6.07) is -0.514. The molecule has 2 heterocycles. The van der Waals surface area contributed by atoms with Crippen molar-refractivity contribution in [1.82, 2.24) is 8.75 Å². The number of nitrogens with zero attached hydrogens (tertiary/aromatic N) is 3. The van der Waals surface area contributed by atoms with Gasteiger partial charge in [0.15, 0.2) is 11.0 Å². The van der Waals surface area contributed by atoms with Crippen molar-refractivity contribution in [2.75, 3.05) is 24.7 Å². The minimum Gasteiger partial charge on any atom is -0.377 e. The number of carbonyl (C=O) groups excluding carboxylic acids is 1. The molecule has 1 aromatic rings. The van der Waals surface area contributed by atoms with Crippen LogP contribution in [0, 0.1) is 0 Å². The van der Waals surface area contributed by atoms with Gasteiger partial charge in [-0.15, -0.1) is 0 Å². The molecule has 15 heavy (non-hydrogen) atoms. The molecule has 1 aromatic heterocycles. The summed E-state index contributed by atoms with van der Waals surface area (Å²) >= 11 is 6.85. The van der Waals surface area contributed by atoms with Crippen LogP contribution in [0.1, 0.15) is 0 Å². The Kier molecular flexibility index (Phi) is 3.03. The maximum absolute atomic E-state index is 11.2. The lowest BCUT2D eigenvalue weighted by Crippen LogP contribution is -2.52. The lowest BCUT2D eigenvalue weighted by Gasteiger charge is -2.33. The summed E-state index contributed by atoms with van der Waals surface area (Å²) < 4.78 is 13.1. The molecule has 82 valence electrons. The molecule has 0 spiro atoms. The van der Waals surface area contributed by atoms with Gasteiger partial charge in [0.05, 0.1) is 24.9 Å². The molecule has 1 aliphatic rings. The van der Waals surface area contributed by atoms with Gasteiger partial charge in [0, 0.05) is 6.54 Å². The number of anilines is 1. The number of hydrogen-bond acceptors (Lipinski definition) is 6. The van der Waals surface area contributed by atoms with Crippen LogP contribution in [0.15, 0.2) is 0 Å². The van der Waals surface area contributed by atoms with E-state index in [1.165, 1.54) is 0 Å². The number of rotatable bonds is 2. The van der Waals surface area contributed by atoms with E-state index in [2.05, 4.69) is 8.75 Å². The fourth-order valence-electron chi connectivity index (χ4n) is 1.44. The molecule has 1 aliphatic heterocycles. The summed E-state index contributed by atoms with van der Waals surface area (Å²) in [4.78, 5) is 12.9. The highest BCUT2D eigenvalue weighted by Gasteiger charge is 2.30. The summed E-state index contributed by atoms with van der Waals surface area (Å²) in [6.45, 7) is 1.33. The van der Waals surface area contributed by atoms with Gasteiger partial charge in [0.1, 0.15) is 6.04 Å². The number of morpholine rings is 1. The van der Waals surface area contributed by atoms with Crippen LogP contribution in [-0.4, -0.2) is 40.5 Å². The molecule has 2 N–H and O–H groups in total. The van der Waals surface area contributed by atoms with E-state index in [1.807, 2.05) is 0 Å². The van der Waals surface area contributed by atoms with Gasteiger partial charge in [-0.3, -0.25) is 4.79 Å². The van der Waals surface area contributed by atoms with Crippen molar-refractivity contribution >= 4 is 35.1 Å². The zero-order valence-electron chi connectivity index (χ0n) is 7.72. The smallest absolute Gasteiger partial charge is 0.242 e. The largest absolute Gasteiger partial charge is 0.377 e. The Morgan fingerprint density at radius 3 is 3.07 bits per heavy atom. The number of amides is 1. The monoisotopic (exact) mass is 248 g/mol. The van der Waals surface area contributed by atoms with Gasteiger partial charge in [-0.1, -0.05) is 11.6 Å². The molecule has 1 saturated heterocycles. The lowest BCUT2D eigenvalue weighted by molar-refractivity contribution is -0.121. The molecule has 1 unspecified atom stereocenters. The zero-order chi connectivity index (χ0) is 10.8. The molecule has 1 amide bonds. The van der Waals surface area contributed by atoms with Crippen LogP contribution in [0.25, 0.3) is 0 Å². The van der Waals surface area contributed by atoms with Gasteiger partial charge in [0.2, 0.25) is 5.91 Å². The van der Waals surface area contributed by atoms with E-state index >= 15 is 0 Å². The average molecular weight is 249 g/mol. The molecule has 1 fully saturated rings. The summed E-state index contributed by atoms with van der Waals surface area (Å²) in [5, 5.41) is 0.299. The van der Waals surface area contributed by atoms with Crippen molar-refractivity contribution in [2.45, 2.75) is 6.04 Å². The van der Waals surface area contributed by atoms with E-state index in [9.17, 15) is 4.79 Å². The first-order valence-corrected chi connectivity index (χ1v) is 5.42. The molecule has 6 nitrogen and oxygen atoms in total. The predicted octanol–water partition coefficient (Wildman–Crippen LogP) is -0.118. The number of nitrogens with two attached hydrogens (primary N) is 1. The van der Waals surface area contributed by atoms with Crippen LogP contribution in [0.2, 0.25) is 5.15 Å². The highest BCUT2D eigenvalue weighted by molar-refractivity contribution is 6.99. The normalized spacial score (nSPS) is 21.7. The third-order valence-electron chi connectivity index (χ3n) is 2.16. The number of carbonyl (C=O) groups is 1. The van der Waals surface area contributed by atoms with Crippen LogP contribution in [-0.2, 0) is 9.53 Å².